The molecule has 2 aromatic heterocycles. The van der Waals surface area contributed by atoms with Crippen molar-refractivity contribution in [3.63, 3.8) is 0 Å². The van der Waals surface area contributed by atoms with E-state index < -0.39 is 5.97 Å². The molecule has 0 atom stereocenters. The van der Waals surface area contributed by atoms with E-state index >= 15 is 0 Å². The largest absolute Gasteiger partial charge is 0.478 e. The Kier molecular flexibility index (Phi) is 4.84. The summed E-state index contributed by atoms with van der Waals surface area (Å²) >= 11 is 1.32. The van der Waals surface area contributed by atoms with Gasteiger partial charge < -0.3 is 10.4 Å². The molecule has 0 aliphatic heterocycles. The maximum atomic E-state index is 12.0. The lowest BCUT2D eigenvalue weighted by atomic mass is 10.2. The zero-order valence-corrected chi connectivity index (χ0v) is 12.2. The Morgan fingerprint density at radius 1 is 1.43 bits per heavy atom. The van der Waals surface area contributed by atoms with Gasteiger partial charge in [0.1, 0.15) is 0 Å². The van der Waals surface area contributed by atoms with Crippen LogP contribution < -0.4 is 5.32 Å². The second-order valence-corrected chi connectivity index (χ2v) is 5.31. The Hall–Kier alpha value is -2.47. The molecule has 2 aromatic rings. The number of hydrogen-bond acceptors (Lipinski definition) is 4. The molecule has 108 valence electrons. The van der Waals surface area contributed by atoms with Gasteiger partial charge in [-0.3, -0.25) is 9.78 Å². The van der Waals surface area contributed by atoms with E-state index in [0.29, 0.717) is 12.1 Å². The summed E-state index contributed by atoms with van der Waals surface area (Å²) in [5.41, 5.74) is 2.21. The van der Waals surface area contributed by atoms with Crippen LogP contribution in [0.25, 0.3) is 6.08 Å². The summed E-state index contributed by atoms with van der Waals surface area (Å²) in [5.74, 6) is -1.22. The second-order valence-electron chi connectivity index (χ2n) is 4.36. The summed E-state index contributed by atoms with van der Waals surface area (Å²) in [6.45, 7) is 2.25. The highest BCUT2D eigenvalue weighted by molar-refractivity contribution is 7.11. The summed E-state index contributed by atoms with van der Waals surface area (Å²) in [4.78, 5) is 27.4. The van der Waals surface area contributed by atoms with Crippen molar-refractivity contribution in [2.75, 3.05) is 0 Å². The molecule has 0 radical (unpaired) electrons. The predicted octanol–water partition coefficient (Wildman–Crippen LogP) is 2.48. The fourth-order valence-corrected chi connectivity index (χ4v) is 2.46. The molecule has 21 heavy (non-hydrogen) atoms. The van der Waals surface area contributed by atoms with Gasteiger partial charge in [-0.25, -0.2) is 4.79 Å². The van der Waals surface area contributed by atoms with Crippen LogP contribution in [0.1, 0.15) is 26.6 Å². The van der Waals surface area contributed by atoms with Gasteiger partial charge in [0, 0.05) is 22.0 Å². The van der Waals surface area contributed by atoms with Gasteiger partial charge in [0.2, 0.25) is 0 Å². The Morgan fingerprint density at radius 3 is 2.95 bits per heavy atom. The highest BCUT2D eigenvalue weighted by atomic mass is 32.1. The van der Waals surface area contributed by atoms with Crippen LogP contribution in [0.2, 0.25) is 0 Å². The molecular weight excluding hydrogens is 288 g/mol. The molecule has 0 aromatic carbocycles. The summed E-state index contributed by atoms with van der Waals surface area (Å²) < 4.78 is 0. The predicted molar refractivity (Wildman–Crippen MR) is 81.1 cm³/mol. The average Bonchev–Trinajstić information content (AvgIpc) is 2.91. The molecule has 0 unspecified atom stereocenters. The molecule has 0 spiro atoms. The number of pyridine rings is 1. The van der Waals surface area contributed by atoms with Gasteiger partial charge in [-0.1, -0.05) is 6.07 Å². The van der Waals surface area contributed by atoms with E-state index in [1.54, 1.807) is 11.4 Å². The molecule has 5 nitrogen and oxygen atoms in total. The van der Waals surface area contributed by atoms with Crippen LogP contribution in [-0.2, 0) is 11.3 Å². The lowest BCUT2D eigenvalue weighted by Crippen LogP contribution is -2.22. The van der Waals surface area contributed by atoms with E-state index in [1.165, 1.54) is 17.4 Å². The Bertz CT molecular complexity index is 692. The van der Waals surface area contributed by atoms with Crippen molar-refractivity contribution >= 4 is 29.3 Å². The van der Waals surface area contributed by atoms with Gasteiger partial charge in [0.05, 0.1) is 17.8 Å². The molecule has 2 heterocycles. The summed E-state index contributed by atoms with van der Waals surface area (Å²) in [5, 5.41) is 13.0. The molecule has 2 N–H and O–H groups in total. The first-order chi connectivity index (χ1) is 10.0. The van der Waals surface area contributed by atoms with Crippen molar-refractivity contribution in [2.45, 2.75) is 13.5 Å². The van der Waals surface area contributed by atoms with Crippen LogP contribution in [0.15, 0.2) is 35.7 Å². The van der Waals surface area contributed by atoms with Crippen molar-refractivity contribution in [1.29, 1.82) is 0 Å². The van der Waals surface area contributed by atoms with Crippen LogP contribution in [-0.4, -0.2) is 22.0 Å². The van der Waals surface area contributed by atoms with Gasteiger partial charge >= 0.3 is 5.97 Å². The Balaban J connectivity index is 1.96. The number of aromatic nitrogens is 1. The van der Waals surface area contributed by atoms with Crippen molar-refractivity contribution < 1.29 is 14.7 Å². The fraction of sp³-hybridized carbons (Fsp3) is 0.133. The molecule has 6 heteroatoms. The number of amides is 1. The average molecular weight is 302 g/mol. The second kappa shape index (κ2) is 6.81. The highest BCUT2D eigenvalue weighted by Gasteiger charge is 2.08. The lowest BCUT2D eigenvalue weighted by molar-refractivity contribution is -0.131. The lowest BCUT2D eigenvalue weighted by Gasteiger charge is -2.03. The van der Waals surface area contributed by atoms with E-state index in [0.717, 1.165) is 22.3 Å². The number of carboxylic acid groups (broad SMARTS) is 1. The van der Waals surface area contributed by atoms with Gasteiger partial charge in [-0.05, 0) is 31.2 Å². The number of rotatable bonds is 5. The van der Waals surface area contributed by atoms with Crippen LogP contribution in [0, 0.1) is 6.92 Å². The summed E-state index contributed by atoms with van der Waals surface area (Å²) in [7, 11) is 0. The van der Waals surface area contributed by atoms with Crippen molar-refractivity contribution in [1.82, 2.24) is 10.3 Å². The van der Waals surface area contributed by atoms with E-state index in [2.05, 4.69) is 10.3 Å². The number of aliphatic carboxylic acids is 1. The number of nitrogens with one attached hydrogen (secondary N) is 1. The number of thiophene rings is 1. The van der Waals surface area contributed by atoms with Crippen molar-refractivity contribution in [3.05, 3.63) is 57.6 Å². The zero-order chi connectivity index (χ0) is 15.2. The summed E-state index contributed by atoms with van der Waals surface area (Å²) in [6.07, 6.45) is 2.51. The maximum Gasteiger partial charge on any atom is 0.328 e. The number of carbonyl (C=O) groups is 2. The number of carboxylic acids is 1. The fourth-order valence-electron chi connectivity index (χ4n) is 1.68. The van der Waals surface area contributed by atoms with Gasteiger partial charge in [0.25, 0.3) is 5.91 Å². The minimum Gasteiger partial charge on any atom is -0.478 e. The number of aryl methyl sites for hydroxylation is 1. The molecule has 1 amide bonds. The first-order valence-corrected chi connectivity index (χ1v) is 7.13. The minimum absolute atomic E-state index is 0.204. The summed E-state index contributed by atoms with van der Waals surface area (Å²) in [6, 6.07) is 7.29. The molecule has 0 bridgehead atoms. The standard InChI is InChI=1S/C15H14N2O3S/c1-10-3-2-4-12(17-10)8-16-15(20)11-7-13(21-9-11)5-6-14(18)19/h2-7,9H,8H2,1H3,(H,16,20)(H,18,19). The maximum absolute atomic E-state index is 12.0. The third-order valence-corrected chi connectivity index (χ3v) is 3.55. The SMILES string of the molecule is Cc1cccc(CNC(=O)c2csc(C=CC(=O)O)c2)n1. The van der Waals surface area contributed by atoms with Crippen LogP contribution >= 0.6 is 11.3 Å². The first-order valence-electron chi connectivity index (χ1n) is 6.25. The monoisotopic (exact) mass is 302 g/mol. The van der Waals surface area contributed by atoms with E-state index in [-0.39, 0.29) is 5.91 Å². The smallest absolute Gasteiger partial charge is 0.328 e. The molecule has 2 rings (SSSR count). The molecular formula is C15H14N2O3S. The molecule has 0 aliphatic carbocycles. The van der Waals surface area contributed by atoms with Crippen molar-refractivity contribution in [2.24, 2.45) is 0 Å². The third-order valence-electron chi connectivity index (χ3n) is 2.65. The molecule has 0 aliphatic rings. The first kappa shape index (κ1) is 14.9. The Labute approximate surface area is 126 Å². The third kappa shape index (κ3) is 4.54. The quantitative estimate of drug-likeness (QED) is 0.832. The van der Waals surface area contributed by atoms with E-state index in [4.69, 9.17) is 5.11 Å². The topological polar surface area (TPSA) is 79.3 Å². The Morgan fingerprint density at radius 2 is 2.24 bits per heavy atom. The van der Waals surface area contributed by atoms with Crippen LogP contribution in [0.4, 0.5) is 0 Å². The molecule has 0 fully saturated rings. The minimum atomic E-state index is -1.01. The number of hydrogen-bond donors (Lipinski definition) is 2. The van der Waals surface area contributed by atoms with E-state index in [9.17, 15) is 9.59 Å². The van der Waals surface area contributed by atoms with E-state index in [1.807, 2.05) is 25.1 Å². The van der Waals surface area contributed by atoms with Gasteiger partial charge in [0.15, 0.2) is 0 Å². The van der Waals surface area contributed by atoms with Crippen LogP contribution in [0.5, 0.6) is 0 Å². The van der Waals surface area contributed by atoms with Gasteiger partial charge in [-0.2, -0.15) is 0 Å². The molecule has 0 saturated carbocycles. The number of nitrogens with zero attached hydrogens (tertiary/aromatic N) is 1. The normalized spacial score (nSPS) is 10.7. The van der Waals surface area contributed by atoms with Crippen LogP contribution in [0.3, 0.4) is 0 Å². The zero-order valence-electron chi connectivity index (χ0n) is 11.4. The van der Waals surface area contributed by atoms with Gasteiger partial charge in [-0.15, -0.1) is 11.3 Å². The number of carbonyl (C=O) groups excluding carboxylic acids is 1. The van der Waals surface area contributed by atoms with Crippen molar-refractivity contribution in [3.8, 4) is 0 Å². The highest BCUT2D eigenvalue weighted by Crippen LogP contribution is 2.16. The molecule has 0 saturated heterocycles.